The number of ether oxygens (including phenoxy) is 4. The van der Waals surface area contributed by atoms with Crippen LogP contribution in [-0.2, 0) is 39.0 Å². The number of hydrogen-bond donors (Lipinski definition) is 0. The average Bonchev–Trinajstić information content (AvgIpc) is 3.14. The van der Waals surface area contributed by atoms with Gasteiger partial charge in [-0.3, -0.25) is 0 Å². The molecule has 0 amide bonds. The van der Waals surface area contributed by atoms with Crippen molar-refractivity contribution in [3.05, 3.63) is 131 Å². The number of anilines is 2. The minimum absolute atomic E-state index is 0. The van der Waals surface area contributed by atoms with E-state index in [1.165, 1.54) is 44.8 Å². The Morgan fingerprint density at radius 1 is 0.500 bits per heavy atom. The quantitative estimate of drug-likeness (QED) is 0.178. The van der Waals surface area contributed by atoms with Crippen LogP contribution in [-0.4, -0.2) is 41.5 Å². The maximum atomic E-state index is 5.55. The monoisotopic (exact) mass is 802 g/mol. The van der Waals surface area contributed by atoms with Crippen LogP contribution in [0.5, 0.6) is 23.0 Å². The fourth-order valence-electron chi connectivity index (χ4n) is 6.99. The van der Waals surface area contributed by atoms with Gasteiger partial charge in [0.25, 0.3) is 0 Å². The minimum Gasteiger partial charge on any atom is -1.00 e. The molecule has 8 nitrogen and oxygen atoms in total. The molecule has 5 aromatic rings. The maximum Gasteiger partial charge on any atom is 0.173 e. The highest BCUT2D eigenvalue weighted by atomic mass is 79.9. The third kappa shape index (κ3) is 8.02. The topological polar surface area (TPSA) is 51.2 Å². The molecule has 2 aliphatic heterocycles. The highest BCUT2D eigenvalue weighted by Crippen LogP contribution is 2.35. The van der Waals surface area contributed by atoms with Crippen molar-refractivity contribution in [3.8, 4) is 23.0 Å². The molecule has 2 aromatic heterocycles. The van der Waals surface area contributed by atoms with Crippen LogP contribution < -0.4 is 71.8 Å². The van der Waals surface area contributed by atoms with Crippen molar-refractivity contribution >= 4 is 11.4 Å². The largest absolute Gasteiger partial charge is 1.00 e. The van der Waals surface area contributed by atoms with Crippen molar-refractivity contribution in [2.24, 2.45) is 0 Å². The average molecular weight is 805 g/mol. The predicted octanol–water partition coefficient (Wildman–Crippen LogP) is -0.474. The van der Waals surface area contributed by atoms with Gasteiger partial charge in [-0.05, 0) is 65.4 Å². The highest BCUT2D eigenvalue weighted by molar-refractivity contribution is 5.54. The molecule has 10 heteroatoms. The zero-order valence-corrected chi connectivity index (χ0v) is 32.2. The molecule has 0 spiro atoms. The molecule has 0 atom stereocenters. The van der Waals surface area contributed by atoms with Gasteiger partial charge >= 0.3 is 0 Å². The van der Waals surface area contributed by atoms with Crippen molar-refractivity contribution < 1.29 is 62.0 Å². The second-order valence-electron chi connectivity index (χ2n) is 12.6. The van der Waals surface area contributed by atoms with E-state index in [0.717, 1.165) is 75.1 Å². The van der Waals surface area contributed by atoms with Crippen LogP contribution in [0.1, 0.15) is 33.4 Å². The number of methoxy groups -OCH3 is 4. The normalized spacial score (nSPS) is 13.3. The van der Waals surface area contributed by atoms with E-state index in [2.05, 4.69) is 117 Å². The van der Waals surface area contributed by atoms with Gasteiger partial charge in [0.05, 0.1) is 28.4 Å². The Labute approximate surface area is 316 Å². The lowest BCUT2D eigenvalue weighted by Crippen LogP contribution is -3.00. The molecular weight excluding hydrogens is 760 g/mol. The van der Waals surface area contributed by atoms with Gasteiger partial charge < -0.3 is 62.7 Å². The van der Waals surface area contributed by atoms with Crippen molar-refractivity contribution in [1.82, 2.24) is 0 Å². The number of hydrogen-bond acceptors (Lipinski definition) is 6. The van der Waals surface area contributed by atoms with Crippen molar-refractivity contribution in [2.75, 3.05) is 51.3 Å². The van der Waals surface area contributed by atoms with Gasteiger partial charge in [-0.1, -0.05) is 18.2 Å². The van der Waals surface area contributed by atoms with E-state index in [1.807, 2.05) is 0 Å². The molecule has 7 rings (SSSR count). The van der Waals surface area contributed by atoms with Gasteiger partial charge in [0, 0.05) is 72.9 Å². The predicted molar refractivity (Wildman–Crippen MR) is 187 cm³/mol. The SMILES string of the molecule is COc1cc2c(cc1OC)CN(c1cc[n+](Cc3cccc(C[n+]4ccc(N5CCc6cc(OC)c(OC)cc6C5)cc4)c3)cc1)CC2.[Br-].[Br-]. The zero-order chi connectivity index (χ0) is 33.0. The Morgan fingerprint density at radius 3 is 1.22 bits per heavy atom. The Bertz CT molecular complexity index is 1770. The Hall–Kier alpha value is -4.28. The molecule has 3 aromatic carbocycles. The summed E-state index contributed by atoms with van der Waals surface area (Å²) < 4.78 is 26.6. The van der Waals surface area contributed by atoms with Gasteiger partial charge in [-0.25, -0.2) is 9.13 Å². The summed E-state index contributed by atoms with van der Waals surface area (Å²) in [6.07, 6.45) is 10.7. The number of nitrogens with zero attached hydrogens (tertiary/aromatic N) is 4. The molecular formula is C40H44Br2N4O4. The number of benzene rings is 3. The lowest BCUT2D eigenvalue weighted by atomic mass is 9.98. The van der Waals surface area contributed by atoms with Crippen LogP contribution >= 0.6 is 0 Å². The van der Waals surface area contributed by atoms with E-state index in [1.54, 1.807) is 28.4 Å². The molecule has 0 N–H and O–H groups in total. The van der Waals surface area contributed by atoms with E-state index in [4.69, 9.17) is 18.9 Å². The van der Waals surface area contributed by atoms with E-state index < -0.39 is 0 Å². The van der Waals surface area contributed by atoms with Crippen LogP contribution in [0.2, 0.25) is 0 Å². The summed E-state index contributed by atoms with van der Waals surface area (Å²) in [5.41, 5.74) is 10.3. The third-order valence-corrected chi connectivity index (χ3v) is 9.64. The van der Waals surface area contributed by atoms with Crippen LogP contribution in [0.4, 0.5) is 11.4 Å². The molecule has 4 heterocycles. The maximum absolute atomic E-state index is 5.55. The first-order chi connectivity index (χ1) is 23.5. The zero-order valence-electron chi connectivity index (χ0n) is 29.1. The number of aromatic nitrogens is 2. The molecule has 0 unspecified atom stereocenters. The summed E-state index contributed by atoms with van der Waals surface area (Å²) in [4.78, 5) is 4.86. The van der Waals surface area contributed by atoms with E-state index in [0.29, 0.717) is 0 Å². The summed E-state index contributed by atoms with van der Waals surface area (Å²) in [5.74, 6) is 3.17. The minimum atomic E-state index is 0. The summed E-state index contributed by atoms with van der Waals surface area (Å²) in [6, 6.07) is 26.3. The Morgan fingerprint density at radius 2 is 0.860 bits per heavy atom. The second-order valence-corrected chi connectivity index (χ2v) is 12.6. The van der Waals surface area contributed by atoms with Gasteiger partial charge in [0.15, 0.2) is 60.9 Å². The third-order valence-electron chi connectivity index (χ3n) is 9.64. The molecule has 0 saturated heterocycles. The van der Waals surface area contributed by atoms with Gasteiger partial charge in [-0.2, -0.15) is 0 Å². The molecule has 0 saturated carbocycles. The number of pyridine rings is 2. The Balaban J connectivity index is 0.00000243. The van der Waals surface area contributed by atoms with Crippen LogP contribution in [0.15, 0.2) is 97.6 Å². The van der Waals surface area contributed by atoms with E-state index >= 15 is 0 Å². The molecule has 0 radical (unpaired) electrons. The first-order valence-electron chi connectivity index (χ1n) is 16.6. The standard InChI is InChI=1S/C40H44N4O4.2BrH/c1-45-37-21-31-8-18-43(27-33(31)23-39(37)47-3)35-10-14-41(15-11-35)25-29-6-5-7-30(20-29)26-42-16-12-36(13-17-42)44-19-9-32-22-38(46-2)40(48-4)24-34(32)28-44;;/h5-7,10-17,20-24H,8-9,18-19,25-28H2,1-4H3;2*1H/q+2;;/p-2. The molecule has 262 valence electrons. The van der Waals surface area contributed by atoms with Crippen LogP contribution in [0, 0.1) is 0 Å². The summed E-state index contributed by atoms with van der Waals surface area (Å²) in [7, 11) is 6.77. The second kappa shape index (κ2) is 16.6. The summed E-state index contributed by atoms with van der Waals surface area (Å²) in [6.45, 7) is 5.32. The first kappa shape index (κ1) is 37.0. The van der Waals surface area contributed by atoms with Gasteiger partial charge in [0.2, 0.25) is 0 Å². The lowest BCUT2D eigenvalue weighted by molar-refractivity contribution is -0.689. The van der Waals surface area contributed by atoms with Crippen LogP contribution in [0.25, 0.3) is 0 Å². The van der Waals surface area contributed by atoms with E-state index in [9.17, 15) is 0 Å². The van der Waals surface area contributed by atoms with Gasteiger partial charge in [0.1, 0.15) is 0 Å². The summed E-state index contributed by atoms with van der Waals surface area (Å²) >= 11 is 0. The molecule has 2 aliphatic rings. The van der Waals surface area contributed by atoms with Gasteiger partial charge in [-0.15, -0.1) is 0 Å². The number of halogens is 2. The lowest BCUT2D eigenvalue weighted by Gasteiger charge is -2.31. The fourth-order valence-corrected chi connectivity index (χ4v) is 6.99. The summed E-state index contributed by atoms with van der Waals surface area (Å²) in [5, 5.41) is 0. The number of fused-ring (bicyclic) bond motifs is 2. The first-order valence-corrected chi connectivity index (χ1v) is 16.6. The molecule has 0 aliphatic carbocycles. The molecule has 0 bridgehead atoms. The number of rotatable bonds is 10. The van der Waals surface area contributed by atoms with Crippen molar-refractivity contribution in [3.63, 3.8) is 0 Å². The molecule has 50 heavy (non-hydrogen) atoms. The molecule has 0 fully saturated rings. The van der Waals surface area contributed by atoms with E-state index in [-0.39, 0.29) is 34.0 Å². The fraction of sp³-hybridized carbons (Fsp3) is 0.300. The van der Waals surface area contributed by atoms with Crippen molar-refractivity contribution in [1.29, 1.82) is 0 Å². The Kier molecular flexibility index (Phi) is 12.3. The van der Waals surface area contributed by atoms with Crippen molar-refractivity contribution in [2.45, 2.75) is 39.0 Å². The van der Waals surface area contributed by atoms with Crippen LogP contribution in [0.3, 0.4) is 0 Å². The highest BCUT2D eigenvalue weighted by Gasteiger charge is 2.22. The smallest absolute Gasteiger partial charge is 0.173 e.